The molecule has 0 spiro atoms. The van der Waals surface area contributed by atoms with Crippen LogP contribution in [-0.4, -0.2) is 14.8 Å². The highest BCUT2D eigenvalue weighted by Gasteiger charge is 2.13. The van der Waals surface area contributed by atoms with Crippen molar-refractivity contribution in [3.8, 4) is 17.1 Å². The van der Waals surface area contributed by atoms with E-state index in [2.05, 4.69) is 36.4 Å². The number of hydrogen-bond donors (Lipinski definition) is 0. The van der Waals surface area contributed by atoms with Gasteiger partial charge in [0.1, 0.15) is 0 Å². The second-order valence-corrected chi connectivity index (χ2v) is 6.55. The van der Waals surface area contributed by atoms with Crippen LogP contribution >= 0.6 is 11.8 Å². The molecule has 4 aromatic rings. The minimum atomic E-state index is 0.750. The smallest absolute Gasteiger partial charge is 0.191 e. The van der Waals surface area contributed by atoms with E-state index in [9.17, 15) is 0 Å². The zero-order chi connectivity index (χ0) is 16.9. The molecule has 3 aromatic carbocycles. The molecule has 0 amide bonds. The van der Waals surface area contributed by atoms with Crippen molar-refractivity contribution >= 4 is 11.8 Å². The van der Waals surface area contributed by atoms with Crippen LogP contribution in [0.3, 0.4) is 0 Å². The van der Waals surface area contributed by atoms with Crippen LogP contribution < -0.4 is 0 Å². The Morgan fingerprint density at radius 1 is 0.720 bits per heavy atom. The number of aromatic nitrogens is 3. The topological polar surface area (TPSA) is 30.7 Å². The largest absolute Gasteiger partial charge is 0.207 e. The summed E-state index contributed by atoms with van der Waals surface area (Å²) in [6, 6.07) is 30.7. The molecule has 0 aliphatic carbocycles. The molecule has 122 valence electrons. The second kappa shape index (κ2) is 7.36. The third kappa shape index (κ3) is 3.64. The second-order valence-electron chi connectivity index (χ2n) is 5.61. The van der Waals surface area contributed by atoms with Gasteiger partial charge in [-0.3, -0.25) is 0 Å². The summed E-state index contributed by atoms with van der Waals surface area (Å²) >= 11 is 1.70. The van der Waals surface area contributed by atoms with E-state index in [1.807, 2.05) is 59.3 Å². The third-order valence-electron chi connectivity index (χ3n) is 3.82. The van der Waals surface area contributed by atoms with Crippen LogP contribution in [0.4, 0.5) is 0 Å². The Balaban J connectivity index is 1.69. The number of benzene rings is 3. The molecule has 0 atom stereocenters. The van der Waals surface area contributed by atoms with Gasteiger partial charge in [-0.2, -0.15) is 0 Å². The lowest BCUT2D eigenvalue weighted by Gasteiger charge is -2.05. The maximum atomic E-state index is 4.79. The van der Waals surface area contributed by atoms with Crippen LogP contribution in [0, 0.1) is 0 Å². The van der Waals surface area contributed by atoms with Crippen LogP contribution in [0.1, 0.15) is 5.56 Å². The highest BCUT2D eigenvalue weighted by molar-refractivity contribution is 7.98. The number of hydrogen-bond acceptors (Lipinski definition) is 3. The van der Waals surface area contributed by atoms with Gasteiger partial charge in [0, 0.05) is 11.3 Å². The zero-order valence-corrected chi connectivity index (χ0v) is 14.4. The van der Waals surface area contributed by atoms with E-state index < -0.39 is 0 Å². The molecule has 0 unspecified atom stereocenters. The van der Waals surface area contributed by atoms with Gasteiger partial charge < -0.3 is 0 Å². The summed E-state index contributed by atoms with van der Waals surface area (Å²) in [5, 5.41) is 5.64. The lowest BCUT2D eigenvalue weighted by molar-refractivity contribution is 0.786. The van der Waals surface area contributed by atoms with Crippen molar-refractivity contribution in [2.75, 3.05) is 0 Å². The first-order chi connectivity index (χ1) is 12.4. The highest BCUT2D eigenvalue weighted by Crippen LogP contribution is 2.27. The standard InChI is InChI=1S/C21H17N3S/c1-4-10-17(11-5-1)16-25-21-22-20(18-12-6-2-7-13-18)23-24(21)19-14-8-3-9-15-19/h1-15H,16H2. The lowest BCUT2D eigenvalue weighted by atomic mass is 10.2. The number of para-hydroxylation sites is 1. The van der Waals surface area contributed by atoms with E-state index in [4.69, 9.17) is 10.1 Å². The Morgan fingerprint density at radius 2 is 1.32 bits per heavy atom. The first-order valence-corrected chi connectivity index (χ1v) is 9.13. The van der Waals surface area contributed by atoms with Crippen molar-refractivity contribution in [3.05, 3.63) is 96.6 Å². The van der Waals surface area contributed by atoms with Crippen molar-refractivity contribution < 1.29 is 0 Å². The fraction of sp³-hybridized carbons (Fsp3) is 0.0476. The Morgan fingerprint density at radius 3 is 2.00 bits per heavy atom. The summed E-state index contributed by atoms with van der Waals surface area (Å²) < 4.78 is 1.93. The first kappa shape index (κ1) is 15.7. The maximum Gasteiger partial charge on any atom is 0.191 e. The predicted octanol–water partition coefficient (Wildman–Crippen LogP) is 5.23. The zero-order valence-electron chi connectivity index (χ0n) is 13.6. The Labute approximate surface area is 151 Å². The normalized spacial score (nSPS) is 10.7. The molecular formula is C21H17N3S. The van der Waals surface area contributed by atoms with Gasteiger partial charge in [0.25, 0.3) is 0 Å². The van der Waals surface area contributed by atoms with E-state index in [-0.39, 0.29) is 0 Å². The molecule has 1 heterocycles. The van der Waals surface area contributed by atoms with Crippen molar-refractivity contribution in [1.82, 2.24) is 14.8 Å². The van der Waals surface area contributed by atoms with Crippen LogP contribution in [0.15, 0.2) is 96.2 Å². The van der Waals surface area contributed by atoms with E-state index in [1.165, 1.54) is 5.56 Å². The van der Waals surface area contributed by atoms with Gasteiger partial charge in [-0.05, 0) is 17.7 Å². The summed E-state index contributed by atoms with van der Waals surface area (Å²) in [5.41, 5.74) is 3.32. The lowest BCUT2D eigenvalue weighted by Crippen LogP contribution is -1.98. The Kier molecular flexibility index (Phi) is 4.61. The summed E-state index contributed by atoms with van der Waals surface area (Å²) in [6.45, 7) is 0. The SMILES string of the molecule is c1ccc(CSc2nc(-c3ccccc3)nn2-c2ccccc2)cc1. The van der Waals surface area contributed by atoms with Crippen LogP contribution in [-0.2, 0) is 5.75 Å². The van der Waals surface area contributed by atoms with E-state index in [0.717, 1.165) is 28.0 Å². The molecule has 0 N–H and O–H groups in total. The van der Waals surface area contributed by atoms with Gasteiger partial charge in [0.05, 0.1) is 5.69 Å². The molecule has 3 nitrogen and oxygen atoms in total. The molecule has 0 radical (unpaired) electrons. The van der Waals surface area contributed by atoms with E-state index >= 15 is 0 Å². The Hall–Kier alpha value is -2.85. The molecule has 0 bridgehead atoms. The minimum Gasteiger partial charge on any atom is -0.207 e. The minimum absolute atomic E-state index is 0.750. The van der Waals surface area contributed by atoms with Crippen LogP contribution in [0.25, 0.3) is 17.1 Å². The summed E-state index contributed by atoms with van der Waals surface area (Å²) in [5.74, 6) is 1.61. The van der Waals surface area contributed by atoms with Gasteiger partial charge in [-0.15, -0.1) is 5.10 Å². The van der Waals surface area contributed by atoms with Gasteiger partial charge in [0.15, 0.2) is 11.0 Å². The monoisotopic (exact) mass is 343 g/mol. The molecule has 0 aliphatic rings. The molecule has 0 fully saturated rings. The maximum absolute atomic E-state index is 4.79. The van der Waals surface area contributed by atoms with Crippen molar-refractivity contribution in [2.24, 2.45) is 0 Å². The molecule has 0 saturated carbocycles. The Bertz CT molecular complexity index is 935. The number of thioether (sulfide) groups is 1. The summed E-state index contributed by atoms with van der Waals surface area (Å²) in [4.78, 5) is 4.79. The van der Waals surface area contributed by atoms with E-state index in [0.29, 0.717) is 0 Å². The van der Waals surface area contributed by atoms with Crippen molar-refractivity contribution in [3.63, 3.8) is 0 Å². The van der Waals surface area contributed by atoms with Gasteiger partial charge in [-0.25, -0.2) is 9.67 Å². The molecule has 1 aromatic heterocycles. The van der Waals surface area contributed by atoms with Crippen molar-refractivity contribution in [1.29, 1.82) is 0 Å². The average molecular weight is 343 g/mol. The molecule has 0 saturated heterocycles. The number of rotatable bonds is 5. The molecule has 4 rings (SSSR count). The summed E-state index contributed by atoms with van der Waals surface area (Å²) in [7, 11) is 0. The fourth-order valence-electron chi connectivity index (χ4n) is 2.56. The quantitative estimate of drug-likeness (QED) is 0.465. The molecule has 0 aliphatic heterocycles. The van der Waals surface area contributed by atoms with Crippen LogP contribution in [0.5, 0.6) is 0 Å². The van der Waals surface area contributed by atoms with Crippen molar-refractivity contribution in [2.45, 2.75) is 10.9 Å². The van der Waals surface area contributed by atoms with Crippen LogP contribution in [0.2, 0.25) is 0 Å². The average Bonchev–Trinajstić information content (AvgIpc) is 3.13. The highest BCUT2D eigenvalue weighted by atomic mass is 32.2. The third-order valence-corrected chi connectivity index (χ3v) is 4.82. The van der Waals surface area contributed by atoms with Gasteiger partial charge >= 0.3 is 0 Å². The van der Waals surface area contributed by atoms with E-state index in [1.54, 1.807) is 11.8 Å². The molecular weight excluding hydrogens is 326 g/mol. The fourth-order valence-corrected chi connectivity index (χ4v) is 3.47. The number of nitrogens with zero attached hydrogens (tertiary/aromatic N) is 3. The van der Waals surface area contributed by atoms with Gasteiger partial charge in [-0.1, -0.05) is 90.6 Å². The summed E-state index contributed by atoms with van der Waals surface area (Å²) in [6.07, 6.45) is 0. The molecule has 4 heteroatoms. The first-order valence-electron chi connectivity index (χ1n) is 8.15. The predicted molar refractivity (Wildman–Crippen MR) is 103 cm³/mol. The molecule has 25 heavy (non-hydrogen) atoms. The van der Waals surface area contributed by atoms with Gasteiger partial charge in [0.2, 0.25) is 0 Å².